The van der Waals surface area contributed by atoms with Crippen molar-refractivity contribution in [2.45, 2.75) is 6.42 Å². The quantitative estimate of drug-likeness (QED) is 0.776. The van der Waals surface area contributed by atoms with Gasteiger partial charge in [-0.15, -0.1) is 0 Å². The van der Waals surface area contributed by atoms with Crippen LogP contribution in [-0.2, 0) is 4.79 Å². The third-order valence-corrected chi connectivity index (χ3v) is 3.06. The molecule has 2 rings (SSSR count). The number of nitrogens with one attached hydrogen (secondary N) is 1. The Labute approximate surface area is 113 Å². The van der Waals surface area contributed by atoms with E-state index in [1.807, 2.05) is 24.3 Å². The van der Waals surface area contributed by atoms with Crippen LogP contribution in [0.1, 0.15) is 6.42 Å². The van der Waals surface area contributed by atoms with Crippen LogP contribution in [0.3, 0.4) is 0 Å². The Morgan fingerprint density at radius 3 is 2.68 bits per heavy atom. The number of carbonyl (C=O) groups excluding carboxylic acids is 1. The minimum Gasteiger partial charge on any atom is -0.497 e. The molecule has 0 saturated carbocycles. The lowest BCUT2D eigenvalue weighted by Gasteiger charge is -2.26. The van der Waals surface area contributed by atoms with Gasteiger partial charge in [-0.3, -0.25) is 9.69 Å². The Hall–Kier alpha value is -1.75. The SMILES string of the molecule is COc1ccc(OCCCN2CCNC(=O)C2)cc1. The standard InChI is InChI=1S/C14H20N2O3/c1-18-12-3-5-13(6-4-12)19-10-2-8-16-9-7-15-14(17)11-16/h3-6H,2,7-11H2,1H3,(H,15,17). The predicted octanol–water partition coefficient (Wildman–Crippen LogP) is 0.896. The topological polar surface area (TPSA) is 50.8 Å². The average molecular weight is 264 g/mol. The van der Waals surface area contributed by atoms with Gasteiger partial charge in [0.05, 0.1) is 20.3 Å². The normalized spacial score (nSPS) is 15.9. The lowest BCUT2D eigenvalue weighted by atomic mass is 10.3. The predicted molar refractivity (Wildman–Crippen MR) is 72.6 cm³/mol. The molecule has 1 aromatic carbocycles. The molecule has 1 aliphatic heterocycles. The molecule has 5 heteroatoms. The van der Waals surface area contributed by atoms with Crippen molar-refractivity contribution in [2.75, 3.05) is 39.9 Å². The van der Waals surface area contributed by atoms with Crippen molar-refractivity contribution >= 4 is 5.91 Å². The second kappa shape index (κ2) is 6.99. The van der Waals surface area contributed by atoms with E-state index < -0.39 is 0 Å². The molecule has 1 fully saturated rings. The smallest absolute Gasteiger partial charge is 0.234 e. The highest BCUT2D eigenvalue weighted by atomic mass is 16.5. The largest absolute Gasteiger partial charge is 0.497 e. The van der Waals surface area contributed by atoms with E-state index in [9.17, 15) is 4.79 Å². The molecule has 1 amide bonds. The molecule has 0 aromatic heterocycles. The fourth-order valence-corrected chi connectivity index (χ4v) is 2.03. The van der Waals surface area contributed by atoms with Crippen molar-refractivity contribution < 1.29 is 14.3 Å². The van der Waals surface area contributed by atoms with Gasteiger partial charge in [-0.25, -0.2) is 0 Å². The molecule has 1 aromatic rings. The molecule has 1 heterocycles. The van der Waals surface area contributed by atoms with Crippen LogP contribution in [0.4, 0.5) is 0 Å². The second-order valence-electron chi connectivity index (χ2n) is 4.50. The Bertz CT molecular complexity index is 406. The number of methoxy groups -OCH3 is 1. The molecule has 0 bridgehead atoms. The summed E-state index contributed by atoms with van der Waals surface area (Å²) in [6.07, 6.45) is 0.916. The summed E-state index contributed by atoms with van der Waals surface area (Å²) < 4.78 is 10.7. The first-order chi connectivity index (χ1) is 9.28. The molecule has 0 unspecified atom stereocenters. The van der Waals surface area contributed by atoms with Gasteiger partial charge in [0.15, 0.2) is 0 Å². The van der Waals surface area contributed by atoms with Gasteiger partial charge in [-0.1, -0.05) is 0 Å². The van der Waals surface area contributed by atoms with Crippen LogP contribution in [0, 0.1) is 0 Å². The number of amides is 1. The molecule has 1 aliphatic rings. The van der Waals surface area contributed by atoms with Crippen molar-refractivity contribution in [2.24, 2.45) is 0 Å². The third-order valence-electron chi connectivity index (χ3n) is 3.06. The number of hydrogen-bond acceptors (Lipinski definition) is 4. The molecule has 19 heavy (non-hydrogen) atoms. The first kappa shape index (κ1) is 13.7. The van der Waals surface area contributed by atoms with E-state index in [4.69, 9.17) is 9.47 Å². The first-order valence-electron chi connectivity index (χ1n) is 6.54. The van der Waals surface area contributed by atoms with Crippen molar-refractivity contribution in [1.29, 1.82) is 0 Å². The Morgan fingerprint density at radius 2 is 2.00 bits per heavy atom. The number of hydrogen-bond donors (Lipinski definition) is 1. The summed E-state index contributed by atoms with van der Waals surface area (Å²) in [6, 6.07) is 7.55. The summed E-state index contributed by atoms with van der Waals surface area (Å²) in [6.45, 7) is 3.73. The third kappa shape index (κ3) is 4.44. The van der Waals surface area contributed by atoms with Crippen LogP contribution in [0.15, 0.2) is 24.3 Å². The van der Waals surface area contributed by atoms with Gasteiger partial charge in [0.2, 0.25) is 5.91 Å². The van der Waals surface area contributed by atoms with Crippen LogP contribution in [0.25, 0.3) is 0 Å². The minimum atomic E-state index is 0.113. The van der Waals surface area contributed by atoms with Gasteiger partial charge in [0, 0.05) is 19.6 Å². The van der Waals surface area contributed by atoms with E-state index in [0.717, 1.165) is 37.6 Å². The molecule has 1 saturated heterocycles. The van der Waals surface area contributed by atoms with E-state index in [-0.39, 0.29) is 5.91 Å². The maximum atomic E-state index is 11.2. The molecular weight excluding hydrogens is 244 g/mol. The second-order valence-corrected chi connectivity index (χ2v) is 4.50. The van der Waals surface area contributed by atoms with E-state index in [0.29, 0.717) is 13.2 Å². The monoisotopic (exact) mass is 264 g/mol. The summed E-state index contributed by atoms with van der Waals surface area (Å²) in [5.74, 6) is 1.78. The van der Waals surface area contributed by atoms with E-state index in [2.05, 4.69) is 10.2 Å². The van der Waals surface area contributed by atoms with Gasteiger partial charge < -0.3 is 14.8 Å². The Kier molecular flexibility index (Phi) is 5.03. The molecule has 5 nitrogen and oxygen atoms in total. The molecule has 0 aliphatic carbocycles. The van der Waals surface area contributed by atoms with Crippen LogP contribution in [0.2, 0.25) is 0 Å². The number of rotatable bonds is 6. The zero-order valence-electron chi connectivity index (χ0n) is 11.2. The van der Waals surface area contributed by atoms with Crippen LogP contribution in [-0.4, -0.2) is 50.7 Å². The van der Waals surface area contributed by atoms with E-state index in [1.165, 1.54) is 0 Å². The van der Waals surface area contributed by atoms with Crippen LogP contribution >= 0.6 is 0 Å². The molecule has 1 N–H and O–H groups in total. The summed E-state index contributed by atoms with van der Waals surface area (Å²) in [5, 5.41) is 2.82. The minimum absolute atomic E-state index is 0.113. The lowest BCUT2D eigenvalue weighted by Crippen LogP contribution is -2.47. The Morgan fingerprint density at radius 1 is 1.26 bits per heavy atom. The zero-order chi connectivity index (χ0) is 13.5. The fourth-order valence-electron chi connectivity index (χ4n) is 2.03. The zero-order valence-corrected chi connectivity index (χ0v) is 11.2. The highest BCUT2D eigenvalue weighted by Gasteiger charge is 2.14. The fraction of sp³-hybridized carbons (Fsp3) is 0.500. The molecule has 0 radical (unpaired) electrons. The first-order valence-corrected chi connectivity index (χ1v) is 6.54. The van der Waals surface area contributed by atoms with Crippen molar-refractivity contribution in [1.82, 2.24) is 10.2 Å². The van der Waals surface area contributed by atoms with Crippen molar-refractivity contribution in [3.05, 3.63) is 24.3 Å². The molecule has 0 atom stereocenters. The summed E-state index contributed by atoms with van der Waals surface area (Å²) in [7, 11) is 1.64. The summed E-state index contributed by atoms with van der Waals surface area (Å²) in [5.41, 5.74) is 0. The number of carbonyl (C=O) groups is 1. The molecule has 0 spiro atoms. The summed E-state index contributed by atoms with van der Waals surface area (Å²) in [4.78, 5) is 13.3. The van der Waals surface area contributed by atoms with Crippen molar-refractivity contribution in [3.63, 3.8) is 0 Å². The average Bonchev–Trinajstić information content (AvgIpc) is 2.44. The van der Waals surface area contributed by atoms with Gasteiger partial charge in [-0.05, 0) is 30.7 Å². The molecule has 104 valence electrons. The van der Waals surface area contributed by atoms with Gasteiger partial charge in [0.1, 0.15) is 11.5 Å². The summed E-state index contributed by atoms with van der Waals surface area (Å²) >= 11 is 0. The number of benzene rings is 1. The maximum absolute atomic E-state index is 11.2. The number of ether oxygens (including phenoxy) is 2. The van der Waals surface area contributed by atoms with Gasteiger partial charge >= 0.3 is 0 Å². The maximum Gasteiger partial charge on any atom is 0.234 e. The number of piperazine rings is 1. The van der Waals surface area contributed by atoms with E-state index in [1.54, 1.807) is 7.11 Å². The Balaban J connectivity index is 1.64. The van der Waals surface area contributed by atoms with Gasteiger partial charge in [0.25, 0.3) is 0 Å². The number of nitrogens with zero attached hydrogens (tertiary/aromatic N) is 1. The van der Waals surface area contributed by atoms with Crippen molar-refractivity contribution in [3.8, 4) is 11.5 Å². The van der Waals surface area contributed by atoms with Gasteiger partial charge in [-0.2, -0.15) is 0 Å². The lowest BCUT2D eigenvalue weighted by molar-refractivity contribution is -0.124. The van der Waals surface area contributed by atoms with Crippen LogP contribution < -0.4 is 14.8 Å². The molecular formula is C14H20N2O3. The van der Waals surface area contributed by atoms with E-state index >= 15 is 0 Å². The highest BCUT2D eigenvalue weighted by molar-refractivity contribution is 5.78. The highest BCUT2D eigenvalue weighted by Crippen LogP contribution is 2.17. The van der Waals surface area contributed by atoms with Crippen LogP contribution in [0.5, 0.6) is 11.5 Å².